The number of likely N-dealkylation sites (tertiary alicyclic amines) is 1. The molecule has 1 aliphatic rings. The summed E-state index contributed by atoms with van der Waals surface area (Å²) >= 11 is 0. The van der Waals surface area contributed by atoms with Crippen LogP contribution in [0.1, 0.15) is 35.9 Å². The summed E-state index contributed by atoms with van der Waals surface area (Å²) in [6.07, 6.45) is 2.36. The van der Waals surface area contributed by atoms with E-state index in [-0.39, 0.29) is 25.3 Å². The summed E-state index contributed by atoms with van der Waals surface area (Å²) in [6, 6.07) is 9.17. The first kappa shape index (κ1) is 19.8. The molecular formula is C21H22FNO5. The minimum absolute atomic E-state index is 0.00848. The molecule has 0 saturated carbocycles. The van der Waals surface area contributed by atoms with Crippen molar-refractivity contribution in [1.29, 1.82) is 0 Å². The lowest BCUT2D eigenvalue weighted by Crippen LogP contribution is -2.53. The van der Waals surface area contributed by atoms with E-state index in [2.05, 4.69) is 0 Å². The maximum atomic E-state index is 14.2. The van der Waals surface area contributed by atoms with Crippen LogP contribution in [0.4, 0.5) is 4.39 Å². The Balaban J connectivity index is 1.87. The van der Waals surface area contributed by atoms with Crippen molar-refractivity contribution in [2.45, 2.75) is 26.2 Å². The van der Waals surface area contributed by atoms with E-state index in [1.165, 1.54) is 29.4 Å². The molecule has 0 radical (unpaired) electrons. The number of esters is 1. The molecule has 1 amide bonds. The van der Waals surface area contributed by atoms with E-state index >= 15 is 0 Å². The van der Waals surface area contributed by atoms with E-state index in [0.29, 0.717) is 24.9 Å². The van der Waals surface area contributed by atoms with E-state index in [1.54, 1.807) is 25.1 Å². The number of hydrogen-bond acceptors (Lipinski definition) is 5. The second kappa shape index (κ2) is 8.37. The van der Waals surface area contributed by atoms with Gasteiger partial charge in [-0.05, 0) is 49.9 Å². The molecule has 1 aliphatic heterocycles. The Morgan fingerprint density at radius 3 is 2.68 bits per heavy atom. The summed E-state index contributed by atoms with van der Waals surface area (Å²) in [5.41, 5.74) is -0.725. The molecule has 1 atom stereocenters. The maximum Gasteiger partial charge on any atom is 0.314 e. The van der Waals surface area contributed by atoms with Gasteiger partial charge in [0.05, 0.1) is 18.3 Å². The fourth-order valence-corrected chi connectivity index (χ4v) is 3.64. The molecule has 148 valence electrons. The summed E-state index contributed by atoms with van der Waals surface area (Å²) in [5.74, 6) is -2.46. The Labute approximate surface area is 162 Å². The van der Waals surface area contributed by atoms with Crippen molar-refractivity contribution in [2.24, 2.45) is 5.41 Å². The molecule has 3 rings (SSSR count). The lowest BCUT2D eigenvalue weighted by atomic mass is 9.74. The Morgan fingerprint density at radius 1 is 1.21 bits per heavy atom. The van der Waals surface area contributed by atoms with E-state index in [4.69, 9.17) is 9.15 Å². The van der Waals surface area contributed by atoms with Crippen LogP contribution in [0.25, 0.3) is 0 Å². The third-order valence-electron chi connectivity index (χ3n) is 5.00. The van der Waals surface area contributed by atoms with Crippen LogP contribution < -0.4 is 0 Å². The fourth-order valence-electron chi connectivity index (χ4n) is 3.64. The number of ketones is 1. The number of ether oxygens (including phenoxy) is 1. The molecule has 1 saturated heterocycles. The molecule has 2 heterocycles. The fraction of sp³-hybridized carbons (Fsp3) is 0.381. The first-order chi connectivity index (χ1) is 13.5. The number of carbonyl (C=O) groups excluding carboxylic acids is 3. The number of rotatable bonds is 6. The molecule has 2 aromatic rings. The van der Waals surface area contributed by atoms with Gasteiger partial charge >= 0.3 is 5.97 Å². The monoisotopic (exact) mass is 387 g/mol. The normalized spacial score (nSPS) is 19.3. The molecule has 6 nitrogen and oxygen atoms in total. The summed E-state index contributed by atoms with van der Waals surface area (Å²) < 4.78 is 24.5. The molecule has 28 heavy (non-hydrogen) atoms. The van der Waals surface area contributed by atoms with Crippen LogP contribution >= 0.6 is 0 Å². The van der Waals surface area contributed by atoms with Gasteiger partial charge in [0, 0.05) is 13.1 Å². The second-order valence-corrected chi connectivity index (χ2v) is 6.91. The first-order valence-electron chi connectivity index (χ1n) is 9.24. The molecule has 7 heteroatoms. The van der Waals surface area contributed by atoms with E-state index in [1.807, 2.05) is 0 Å². The average molecular weight is 387 g/mol. The quantitative estimate of drug-likeness (QED) is 0.433. The van der Waals surface area contributed by atoms with Gasteiger partial charge in [-0.2, -0.15) is 0 Å². The van der Waals surface area contributed by atoms with Gasteiger partial charge in [0.1, 0.15) is 5.82 Å². The number of furan rings is 1. The van der Waals surface area contributed by atoms with Gasteiger partial charge in [0.15, 0.2) is 5.76 Å². The number of carbonyl (C=O) groups is 3. The maximum absolute atomic E-state index is 14.2. The van der Waals surface area contributed by atoms with Crippen LogP contribution in [0.5, 0.6) is 0 Å². The van der Waals surface area contributed by atoms with Crippen LogP contribution in [0, 0.1) is 11.2 Å². The minimum Gasteiger partial charge on any atom is -0.466 e. The highest BCUT2D eigenvalue weighted by Gasteiger charge is 2.46. The number of halogens is 1. The van der Waals surface area contributed by atoms with Crippen molar-refractivity contribution in [3.63, 3.8) is 0 Å². The van der Waals surface area contributed by atoms with Gasteiger partial charge in [0.2, 0.25) is 0 Å². The lowest BCUT2D eigenvalue weighted by Gasteiger charge is -2.40. The van der Waals surface area contributed by atoms with Crippen LogP contribution in [0.3, 0.4) is 0 Å². The average Bonchev–Trinajstić information content (AvgIpc) is 3.24. The standard InChI is InChI=1S/C21H22FNO5/c1-2-27-20(26)21(13-15-7-3-4-8-16(15)22)10-6-11-23(14-21)19(25)18(24)17-9-5-12-28-17/h3-5,7-9,12H,2,6,10-11,13-14H2,1H3. The van der Waals surface area contributed by atoms with Gasteiger partial charge in [-0.25, -0.2) is 4.39 Å². The predicted molar refractivity (Wildman–Crippen MR) is 98.0 cm³/mol. The zero-order chi connectivity index (χ0) is 20.1. The van der Waals surface area contributed by atoms with Crippen molar-refractivity contribution in [3.05, 3.63) is 59.8 Å². The second-order valence-electron chi connectivity index (χ2n) is 6.91. The lowest BCUT2D eigenvalue weighted by molar-refractivity contribution is -0.160. The third kappa shape index (κ3) is 3.98. The minimum atomic E-state index is -1.10. The molecule has 1 unspecified atom stereocenters. The Morgan fingerprint density at radius 2 is 2.00 bits per heavy atom. The van der Waals surface area contributed by atoms with Gasteiger partial charge in [0.25, 0.3) is 11.7 Å². The molecule has 1 aromatic heterocycles. The Kier molecular flexibility index (Phi) is 5.92. The zero-order valence-corrected chi connectivity index (χ0v) is 15.7. The Hall–Kier alpha value is -2.96. The van der Waals surface area contributed by atoms with Crippen LogP contribution in [0.15, 0.2) is 47.1 Å². The van der Waals surface area contributed by atoms with Crippen molar-refractivity contribution < 1.29 is 27.9 Å². The SMILES string of the molecule is CCOC(=O)C1(Cc2ccccc2F)CCCN(C(=O)C(=O)c2ccco2)C1. The summed E-state index contributed by atoms with van der Waals surface area (Å²) in [6.45, 7) is 2.20. The summed E-state index contributed by atoms with van der Waals surface area (Å²) in [7, 11) is 0. The number of hydrogen-bond donors (Lipinski definition) is 0. The van der Waals surface area contributed by atoms with Crippen LogP contribution in [-0.4, -0.2) is 42.3 Å². The molecule has 0 bridgehead atoms. The predicted octanol–water partition coefficient (Wildman–Crippen LogP) is 3.02. The molecule has 1 fully saturated rings. The summed E-state index contributed by atoms with van der Waals surface area (Å²) in [5, 5.41) is 0. The number of Topliss-reactive ketones (excluding diaryl/α,β-unsaturated/α-hetero) is 1. The first-order valence-corrected chi connectivity index (χ1v) is 9.24. The van der Waals surface area contributed by atoms with Gasteiger partial charge in [-0.3, -0.25) is 14.4 Å². The topological polar surface area (TPSA) is 76.8 Å². The van der Waals surface area contributed by atoms with Crippen molar-refractivity contribution in [3.8, 4) is 0 Å². The smallest absolute Gasteiger partial charge is 0.314 e. The summed E-state index contributed by atoms with van der Waals surface area (Å²) in [4.78, 5) is 39.2. The number of piperidine rings is 1. The molecule has 0 spiro atoms. The van der Waals surface area contributed by atoms with Crippen molar-refractivity contribution in [1.82, 2.24) is 4.90 Å². The van der Waals surface area contributed by atoms with Crippen LogP contribution in [0.2, 0.25) is 0 Å². The van der Waals surface area contributed by atoms with E-state index < -0.39 is 28.9 Å². The highest BCUT2D eigenvalue weighted by molar-refractivity contribution is 6.41. The van der Waals surface area contributed by atoms with E-state index in [9.17, 15) is 18.8 Å². The number of nitrogens with zero attached hydrogens (tertiary/aromatic N) is 1. The van der Waals surface area contributed by atoms with Crippen LogP contribution in [-0.2, 0) is 20.7 Å². The number of amides is 1. The van der Waals surface area contributed by atoms with Gasteiger partial charge in [-0.1, -0.05) is 18.2 Å². The molecular weight excluding hydrogens is 365 g/mol. The van der Waals surface area contributed by atoms with E-state index in [0.717, 1.165) is 0 Å². The van der Waals surface area contributed by atoms with Gasteiger partial charge < -0.3 is 14.1 Å². The highest BCUT2D eigenvalue weighted by Crippen LogP contribution is 2.36. The highest BCUT2D eigenvalue weighted by atomic mass is 19.1. The van der Waals surface area contributed by atoms with Crippen molar-refractivity contribution in [2.75, 3.05) is 19.7 Å². The molecule has 0 aliphatic carbocycles. The van der Waals surface area contributed by atoms with Gasteiger partial charge in [-0.15, -0.1) is 0 Å². The molecule has 0 N–H and O–H groups in total. The number of benzene rings is 1. The zero-order valence-electron chi connectivity index (χ0n) is 15.7. The molecule has 1 aromatic carbocycles. The van der Waals surface area contributed by atoms with Crippen molar-refractivity contribution >= 4 is 17.7 Å². The Bertz CT molecular complexity index is 863. The third-order valence-corrected chi connectivity index (χ3v) is 5.00. The largest absolute Gasteiger partial charge is 0.466 e.